The Bertz CT molecular complexity index is 572. The maximum atomic E-state index is 11.6. The van der Waals surface area contributed by atoms with Gasteiger partial charge in [-0.05, 0) is 30.0 Å². The first kappa shape index (κ1) is 15.6. The predicted octanol–water partition coefficient (Wildman–Crippen LogP) is 4.31. The van der Waals surface area contributed by atoms with Crippen molar-refractivity contribution in [3.63, 3.8) is 0 Å². The van der Waals surface area contributed by atoms with Crippen LogP contribution in [0.2, 0.25) is 0 Å². The summed E-state index contributed by atoms with van der Waals surface area (Å²) in [5.74, 6) is 0. The van der Waals surface area contributed by atoms with Crippen molar-refractivity contribution in [2.24, 2.45) is 0 Å². The summed E-state index contributed by atoms with van der Waals surface area (Å²) in [6.07, 6.45) is 1.43. The fourth-order valence-corrected chi connectivity index (χ4v) is 2.43. The third kappa shape index (κ3) is 5.60. The molecule has 0 bridgehead atoms. The Balaban J connectivity index is 1.62. The number of benzene rings is 2. The summed E-state index contributed by atoms with van der Waals surface area (Å²) in [7, 11) is 0. The van der Waals surface area contributed by atoms with Crippen molar-refractivity contribution < 1.29 is 9.53 Å². The molecule has 0 fully saturated rings. The molecule has 21 heavy (non-hydrogen) atoms. The van der Waals surface area contributed by atoms with Gasteiger partial charge in [0.1, 0.15) is 6.61 Å². The highest BCUT2D eigenvalue weighted by Gasteiger charge is 2.03. The average Bonchev–Trinajstić information content (AvgIpc) is 2.52. The van der Waals surface area contributed by atoms with Crippen molar-refractivity contribution >= 4 is 22.0 Å². The van der Waals surface area contributed by atoms with Gasteiger partial charge in [-0.3, -0.25) is 0 Å². The van der Waals surface area contributed by atoms with Crippen molar-refractivity contribution in [1.29, 1.82) is 0 Å². The fraction of sp³-hybridized carbons (Fsp3) is 0.235. The lowest BCUT2D eigenvalue weighted by atomic mass is 10.1. The van der Waals surface area contributed by atoms with E-state index in [0.717, 1.165) is 22.9 Å². The van der Waals surface area contributed by atoms with Gasteiger partial charge in [-0.1, -0.05) is 64.5 Å². The zero-order valence-corrected chi connectivity index (χ0v) is 13.3. The molecule has 110 valence electrons. The lowest BCUT2D eigenvalue weighted by molar-refractivity contribution is 0.139. The van der Waals surface area contributed by atoms with E-state index in [4.69, 9.17) is 4.74 Å². The van der Waals surface area contributed by atoms with Gasteiger partial charge >= 0.3 is 6.09 Å². The average molecular weight is 348 g/mol. The molecule has 1 N–H and O–H groups in total. The topological polar surface area (TPSA) is 38.3 Å². The summed E-state index contributed by atoms with van der Waals surface area (Å²) < 4.78 is 6.25. The van der Waals surface area contributed by atoms with E-state index >= 15 is 0 Å². The normalized spacial score (nSPS) is 10.1. The van der Waals surface area contributed by atoms with Crippen LogP contribution in [0.5, 0.6) is 0 Å². The maximum Gasteiger partial charge on any atom is 0.407 e. The number of nitrogens with one attached hydrogen (secondary N) is 1. The number of amides is 1. The molecule has 1 amide bonds. The number of halogens is 1. The van der Waals surface area contributed by atoms with E-state index < -0.39 is 0 Å². The van der Waals surface area contributed by atoms with E-state index in [9.17, 15) is 4.79 Å². The summed E-state index contributed by atoms with van der Waals surface area (Å²) >= 11 is 3.52. The van der Waals surface area contributed by atoms with Crippen LogP contribution >= 0.6 is 15.9 Å². The Morgan fingerprint density at radius 3 is 2.52 bits per heavy atom. The summed E-state index contributed by atoms with van der Waals surface area (Å²) in [6.45, 7) is 0.909. The van der Waals surface area contributed by atoms with Gasteiger partial charge in [0.25, 0.3) is 0 Å². The number of rotatable bonds is 6. The number of carbonyl (C=O) groups excluding carboxylic acids is 1. The van der Waals surface area contributed by atoms with E-state index in [-0.39, 0.29) is 6.09 Å². The van der Waals surface area contributed by atoms with Crippen LogP contribution in [0.4, 0.5) is 4.79 Å². The Kier molecular flexibility index (Phi) is 6.28. The van der Waals surface area contributed by atoms with Gasteiger partial charge in [0.15, 0.2) is 0 Å². The van der Waals surface area contributed by atoms with Gasteiger partial charge < -0.3 is 10.1 Å². The van der Waals surface area contributed by atoms with Crippen molar-refractivity contribution in [2.45, 2.75) is 19.4 Å². The molecule has 2 aromatic rings. The summed E-state index contributed by atoms with van der Waals surface area (Å²) in [6, 6.07) is 17.8. The minimum atomic E-state index is -0.369. The third-order valence-electron chi connectivity index (χ3n) is 3.06. The molecule has 0 aliphatic rings. The zero-order valence-electron chi connectivity index (χ0n) is 11.7. The number of ether oxygens (including phenoxy) is 1. The van der Waals surface area contributed by atoms with E-state index in [1.807, 2.05) is 48.5 Å². The van der Waals surface area contributed by atoms with Gasteiger partial charge in [-0.15, -0.1) is 0 Å². The smallest absolute Gasteiger partial charge is 0.407 e. The molecule has 0 aromatic heterocycles. The van der Waals surface area contributed by atoms with Crippen LogP contribution < -0.4 is 5.32 Å². The second kappa shape index (κ2) is 8.47. The number of alkyl carbamates (subject to hydrolysis) is 1. The lowest BCUT2D eigenvalue weighted by Gasteiger charge is -2.07. The quantitative estimate of drug-likeness (QED) is 0.790. The van der Waals surface area contributed by atoms with E-state index in [1.54, 1.807) is 0 Å². The Hall–Kier alpha value is -1.81. The van der Waals surface area contributed by atoms with Crippen molar-refractivity contribution in [1.82, 2.24) is 5.32 Å². The third-order valence-corrected chi connectivity index (χ3v) is 3.84. The molecule has 0 saturated heterocycles. The first-order valence-corrected chi connectivity index (χ1v) is 7.73. The zero-order chi connectivity index (χ0) is 14.9. The van der Waals surface area contributed by atoms with E-state index in [1.165, 1.54) is 5.56 Å². The van der Waals surface area contributed by atoms with Crippen molar-refractivity contribution in [3.8, 4) is 0 Å². The largest absolute Gasteiger partial charge is 0.445 e. The molecule has 0 saturated carbocycles. The summed E-state index contributed by atoms with van der Waals surface area (Å²) in [5.41, 5.74) is 2.23. The highest BCUT2D eigenvalue weighted by atomic mass is 79.9. The molecule has 0 heterocycles. The number of aryl methyl sites for hydroxylation is 1. The molecule has 0 spiro atoms. The van der Waals surface area contributed by atoms with Gasteiger partial charge in [0.2, 0.25) is 0 Å². The van der Waals surface area contributed by atoms with Gasteiger partial charge in [0.05, 0.1) is 0 Å². The summed E-state index contributed by atoms with van der Waals surface area (Å²) in [5, 5.41) is 2.77. The Morgan fingerprint density at radius 2 is 1.76 bits per heavy atom. The Morgan fingerprint density at radius 1 is 1.05 bits per heavy atom. The second-order valence-corrected chi connectivity index (χ2v) is 5.54. The molecule has 0 aliphatic heterocycles. The molecule has 4 heteroatoms. The fourth-order valence-electron chi connectivity index (χ4n) is 1.94. The van der Waals surface area contributed by atoms with Crippen LogP contribution in [0.25, 0.3) is 0 Å². The van der Waals surface area contributed by atoms with E-state index in [0.29, 0.717) is 13.2 Å². The molecule has 0 atom stereocenters. The van der Waals surface area contributed by atoms with Crippen molar-refractivity contribution in [3.05, 3.63) is 70.2 Å². The SMILES string of the molecule is O=C(NCCCc1ccccc1Br)OCc1ccccc1. The highest BCUT2D eigenvalue weighted by molar-refractivity contribution is 9.10. The van der Waals surface area contributed by atoms with Gasteiger partial charge in [-0.25, -0.2) is 4.79 Å². The second-order valence-electron chi connectivity index (χ2n) is 4.68. The minimum absolute atomic E-state index is 0.302. The molecule has 0 aliphatic carbocycles. The van der Waals surface area contributed by atoms with Crippen LogP contribution in [0.3, 0.4) is 0 Å². The van der Waals surface area contributed by atoms with Crippen LogP contribution in [0, 0.1) is 0 Å². The van der Waals surface area contributed by atoms with Crippen LogP contribution in [0.1, 0.15) is 17.5 Å². The monoisotopic (exact) mass is 347 g/mol. The number of carbonyl (C=O) groups is 1. The molecule has 0 radical (unpaired) electrons. The highest BCUT2D eigenvalue weighted by Crippen LogP contribution is 2.16. The van der Waals surface area contributed by atoms with Crippen LogP contribution in [-0.2, 0) is 17.8 Å². The first-order chi connectivity index (χ1) is 10.3. The minimum Gasteiger partial charge on any atom is -0.445 e. The summed E-state index contributed by atoms with van der Waals surface area (Å²) in [4.78, 5) is 11.6. The van der Waals surface area contributed by atoms with Crippen LogP contribution in [-0.4, -0.2) is 12.6 Å². The van der Waals surface area contributed by atoms with Gasteiger partial charge in [-0.2, -0.15) is 0 Å². The number of hydrogen-bond acceptors (Lipinski definition) is 2. The molecule has 3 nitrogen and oxygen atoms in total. The van der Waals surface area contributed by atoms with Gasteiger partial charge in [0, 0.05) is 11.0 Å². The standard InChI is InChI=1S/C17H18BrNO2/c18-16-11-5-4-9-15(16)10-6-12-19-17(20)21-13-14-7-2-1-3-8-14/h1-5,7-9,11H,6,10,12-13H2,(H,19,20). The molecule has 2 rings (SSSR count). The van der Waals surface area contributed by atoms with Crippen LogP contribution in [0.15, 0.2) is 59.1 Å². The molecular formula is C17H18BrNO2. The first-order valence-electron chi connectivity index (χ1n) is 6.93. The molecular weight excluding hydrogens is 330 g/mol. The predicted molar refractivity (Wildman–Crippen MR) is 87.1 cm³/mol. The maximum absolute atomic E-state index is 11.6. The Labute approximate surface area is 133 Å². The number of hydrogen-bond donors (Lipinski definition) is 1. The molecule has 2 aromatic carbocycles. The molecule has 0 unspecified atom stereocenters. The lowest BCUT2D eigenvalue weighted by Crippen LogP contribution is -2.25. The van der Waals surface area contributed by atoms with E-state index in [2.05, 4.69) is 27.3 Å². The van der Waals surface area contributed by atoms with Crippen molar-refractivity contribution in [2.75, 3.05) is 6.54 Å².